The van der Waals surface area contributed by atoms with E-state index >= 15 is 0 Å². The molecule has 0 saturated carbocycles. The van der Waals surface area contributed by atoms with Gasteiger partial charge >= 0.3 is 5.97 Å². The summed E-state index contributed by atoms with van der Waals surface area (Å²) < 4.78 is 17.6. The van der Waals surface area contributed by atoms with Gasteiger partial charge < -0.3 is 24.0 Å². The molecule has 5 saturated heterocycles. The number of carbonyl (C=O) groups excluding carboxylic acids is 2. The molecule has 9 heteroatoms. The fourth-order valence-electron chi connectivity index (χ4n) is 8.04. The van der Waals surface area contributed by atoms with Crippen molar-refractivity contribution in [1.82, 2.24) is 14.8 Å². The Morgan fingerprint density at radius 2 is 1.71 bits per heavy atom. The quantitative estimate of drug-likeness (QED) is 0.520. The Morgan fingerprint density at radius 3 is 2.41 bits per heavy atom. The minimum atomic E-state index is -0.446. The molecule has 2 aromatic rings. The molecule has 0 bridgehead atoms. The molecule has 5 aliphatic rings. The first-order chi connectivity index (χ1) is 19.7. The summed E-state index contributed by atoms with van der Waals surface area (Å²) in [6.45, 7) is 10.2. The molecule has 1 amide bonds. The highest BCUT2D eigenvalue weighted by Crippen LogP contribution is 2.47. The molecule has 2 spiro atoms. The zero-order valence-corrected chi connectivity index (χ0v) is 24.4. The largest absolute Gasteiger partial charge is 0.459 e. The number of benzene rings is 1. The number of hydrogen-bond acceptors (Lipinski definition) is 8. The number of nitrogens with zero attached hydrogens (tertiary/aromatic N) is 4. The highest BCUT2D eigenvalue weighted by Gasteiger charge is 2.54. The maximum Gasteiger partial charge on any atom is 0.314 e. The predicted octanol–water partition coefficient (Wildman–Crippen LogP) is 3.99. The molecule has 220 valence electrons. The highest BCUT2D eigenvalue weighted by molar-refractivity contribution is 6.07. The fourth-order valence-corrected chi connectivity index (χ4v) is 8.04. The molecule has 0 N–H and O–H groups in total. The van der Waals surface area contributed by atoms with Crippen LogP contribution in [0, 0.1) is 5.41 Å². The standard InChI is InChI=1S/C32H42N4O5/c1-30(2)21-31(29(38)41-30)10-5-13-36(22-31)23-8-14-35(15-9-23)28(37)25-20-27(33-26-7-4-3-6-24(25)26)34-16-11-32(12-17-34)39-18-19-40-32/h3-4,6-7,20,23H,5,8-19,21-22H2,1-2H3. The van der Waals surface area contributed by atoms with Crippen LogP contribution in [-0.2, 0) is 19.0 Å². The molecular weight excluding hydrogens is 520 g/mol. The van der Waals surface area contributed by atoms with Crippen molar-refractivity contribution < 1.29 is 23.8 Å². The number of para-hydroxylation sites is 1. The summed E-state index contributed by atoms with van der Waals surface area (Å²) >= 11 is 0. The van der Waals surface area contributed by atoms with Crippen LogP contribution in [0.3, 0.4) is 0 Å². The van der Waals surface area contributed by atoms with Crippen molar-refractivity contribution in [3.8, 4) is 0 Å². The Labute approximate surface area is 242 Å². The summed E-state index contributed by atoms with van der Waals surface area (Å²) in [4.78, 5) is 38.6. The van der Waals surface area contributed by atoms with Gasteiger partial charge in [-0.1, -0.05) is 18.2 Å². The van der Waals surface area contributed by atoms with E-state index in [1.807, 2.05) is 49.1 Å². The third-order valence-electron chi connectivity index (χ3n) is 10.0. The van der Waals surface area contributed by atoms with Gasteiger partial charge in [0.15, 0.2) is 5.79 Å². The molecular formula is C32H42N4O5. The van der Waals surface area contributed by atoms with Gasteiger partial charge in [0.1, 0.15) is 11.4 Å². The normalized spacial score (nSPS) is 28.6. The summed E-state index contributed by atoms with van der Waals surface area (Å²) in [6.07, 6.45) is 6.16. The Hall–Kier alpha value is -2.75. The van der Waals surface area contributed by atoms with Crippen LogP contribution < -0.4 is 4.90 Å². The number of amides is 1. The average Bonchev–Trinajstić information content (AvgIpc) is 3.52. The molecule has 5 fully saturated rings. The fraction of sp³-hybridized carbons (Fsp3) is 0.656. The number of ether oxygens (including phenoxy) is 3. The van der Waals surface area contributed by atoms with Crippen LogP contribution in [0.2, 0.25) is 0 Å². The van der Waals surface area contributed by atoms with Gasteiger partial charge in [-0.05, 0) is 58.2 Å². The van der Waals surface area contributed by atoms with Crippen molar-refractivity contribution in [3.63, 3.8) is 0 Å². The first-order valence-corrected chi connectivity index (χ1v) is 15.4. The molecule has 5 aliphatic heterocycles. The second-order valence-corrected chi connectivity index (χ2v) is 13.3. The number of carbonyl (C=O) groups is 2. The molecule has 1 unspecified atom stereocenters. The number of aromatic nitrogens is 1. The minimum Gasteiger partial charge on any atom is -0.459 e. The maximum atomic E-state index is 14.0. The van der Waals surface area contributed by atoms with E-state index in [4.69, 9.17) is 19.2 Å². The monoisotopic (exact) mass is 562 g/mol. The number of pyridine rings is 1. The van der Waals surface area contributed by atoms with Gasteiger partial charge in [-0.15, -0.1) is 0 Å². The van der Waals surface area contributed by atoms with Crippen molar-refractivity contribution >= 4 is 28.6 Å². The SMILES string of the molecule is CC1(C)CC2(CCCN(C3CCN(C(=O)c4cc(N5CCC6(CC5)OCCO6)nc5ccccc45)CC3)C2)C(=O)O1. The second-order valence-electron chi connectivity index (χ2n) is 13.3. The van der Waals surface area contributed by atoms with Gasteiger partial charge in [0.25, 0.3) is 5.91 Å². The zero-order valence-electron chi connectivity index (χ0n) is 24.4. The van der Waals surface area contributed by atoms with Crippen LogP contribution in [0.4, 0.5) is 5.82 Å². The lowest BCUT2D eigenvalue weighted by Gasteiger charge is -2.45. The minimum absolute atomic E-state index is 0.0210. The average molecular weight is 563 g/mol. The number of esters is 1. The van der Waals surface area contributed by atoms with E-state index in [9.17, 15) is 9.59 Å². The molecule has 1 atom stereocenters. The molecule has 9 nitrogen and oxygen atoms in total. The third kappa shape index (κ3) is 5.00. The predicted molar refractivity (Wildman–Crippen MR) is 155 cm³/mol. The zero-order chi connectivity index (χ0) is 28.2. The van der Waals surface area contributed by atoms with Crippen LogP contribution >= 0.6 is 0 Å². The van der Waals surface area contributed by atoms with Crippen molar-refractivity contribution in [2.75, 3.05) is 57.4 Å². The van der Waals surface area contributed by atoms with E-state index in [2.05, 4.69) is 9.80 Å². The summed E-state index contributed by atoms with van der Waals surface area (Å²) in [5, 5.41) is 0.902. The van der Waals surface area contributed by atoms with Gasteiger partial charge in [-0.25, -0.2) is 4.98 Å². The molecule has 1 aromatic heterocycles. The third-order valence-corrected chi connectivity index (χ3v) is 10.0. The number of likely N-dealkylation sites (tertiary alicyclic amines) is 2. The van der Waals surface area contributed by atoms with Crippen LogP contribution in [-0.4, -0.2) is 96.6 Å². The van der Waals surface area contributed by atoms with E-state index in [-0.39, 0.29) is 22.9 Å². The van der Waals surface area contributed by atoms with Gasteiger partial charge in [0.05, 0.1) is 29.7 Å². The Morgan fingerprint density at radius 1 is 0.976 bits per heavy atom. The first kappa shape index (κ1) is 27.1. The molecule has 0 aliphatic carbocycles. The van der Waals surface area contributed by atoms with E-state index in [1.165, 1.54) is 0 Å². The van der Waals surface area contributed by atoms with Crippen LogP contribution in [0.1, 0.15) is 69.2 Å². The van der Waals surface area contributed by atoms with Crippen molar-refractivity contribution in [2.45, 2.75) is 76.2 Å². The Bertz CT molecular complexity index is 1320. The number of cyclic esters (lactones) is 1. The van der Waals surface area contributed by atoms with Gasteiger partial charge in [-0.3, -0.25) is 14.5 Å². The smallest absolute Gasteiger partial charge is 0.314 e. The van der Waals surface area contributed by atoms with E-state index in [0.29, 0.717) is 19.3 Å². The van der Waals surface area contributed by atoms with E-state index in [0.717, 1.165) is 106 Å². The lowest BCUT2D eigenvalue weighted by Crippen LogP contribution is -2.53. The van der Waals surface area contributed by atoms with Gasteiger partial charge in [-0.2, -0.15) is 0 Å². The van der Waals surface area contributed by atoms with Crippen LogP contribution in [0.15, 0.2) is 30.3 Å². The summed E-state index contributed by atoms with van der Waals surface area (Å²) in [5.74, 6) is 0.459. The molecule has 41 heavy (non-hydrogen) atoms. The van der Waals surface area contributed by atoms with Crippen LogP contribution in [0.5, 0.6) is 0 Å². The molecule has 1 aromatic carbocycles. The Kier molecular flexibility index (Phi) is 6.75. The summed E-state index contributed by atoms with van der Waals surface area (Å²) in [5.41, 5.74) is 0.827. The molecule has 7 rings (SSSR count). The maximum absolute atomic E-state index is 14.0. The lowest BCUT2D eigenvalue weighted by molar-refractivity contribution is -0.169. The van der Waals surface area contributed by atoms with Crippen molar-refractivity contribution in [2.24, 2.45) is 5.41 Å². The number of rotatable bonds is 3. The van der Waals surface area contributed by atoms with E-state index in [1.54, 1.807) is 0 Å². The Balaban J connectivity index is 1.05. The number of hydrogen-bond donors (Lipinski definition) is 0. The second kappa shape index (κ2) is 10.2. The lowest BCUT2D eigenvalue weighted by atomic mass is 9.74. The van der Waals surface area contributed by atoms with Gasteiger partial charge in [0.2, 0.25) is 0 Å². The van der Waals surface area contributed by atoms with Crippen molar-refractivity contribution in [3.05, 3.63) is 35.9 Å². The molecule has 0 radical (unpaired) electrons. The summed E-state index contributed by atoms with van der Waals surface area (Å²) in [6, 6.07) is 10.3. The van der Waals surface area contributed by atoms with E-state index < -0.39 is 5.79 Å². The molecule has 6 heterocycles. The topological polar surface area (TPSA) is 84.4 Å². The first-order valence-electron chi connectivity index (χ1n) is 15.4. The van der Waals surface area contributed by atoms with Crippen molar-refractivity contribution in [1.29, 1.82) is 0 Å². The number of anilines is 1. The highest BCUT2D eigenvalue weighted by atomic mass is 16.7. The van der Waals surface area contributed by atoms with Crippen LogP contribution in [0.25, 0.3) is 10.9 Å². The number of piperidine rings is 3. The number of fused-ring (bicyclic) bond motifs is 1. The van der Waals surface area contributed by atoms with Gasteiger partial charge in [0, 0.05) is 63.4 Å². The summed E-state index contributed by atoms with van der Waals surface area (Å²) in [7, 11) is 0.